The van der Waals surface area contributed by atoms with E-state index in [-0.39, 0.29) is 0 Å². The average molecular weight is 613 g/mol. The second kappa shape index (κ2) is 10.5. The molecule has 1 heterocycles. The molecule has 218 valence electrons. The summed E-state index contributed by atoms with van der Waals surface area (Å²) in [5, 5.41) is 10.3. The van der Waals surface area contributed by atoms with Crippen molar-refractivity contribution in [3.63, 3.8) is 0 Å². The molecule has 0 amide bonds. The lowest BCUT2D eigenvalue weighted by Crippen LogP contribution is -1.96. The highest BCUT2D eigenvalue weighted by molar-refractivity contribution is 7.99. The Labute approximate surface area is 278 Å². The Morgan fingerprint density at radius 2 is 0.745 bits per heavy atom. The minimum absolute atomic E-state index is 1.25. The maximum atomic E-state index is 2.36. The van der Waals surface area contributed by atoms with Gasteiger partial charge in [-0.3, -0.25) is 0 Å². The zero-order valence-electron chi connectivity index (χ0n) is 25.6. The molecule has 0 nitrogen and oxygen atoms in total. The molecule has 9 aromatic carbocycles. The van der Waals surface area contributed by atoms with Gasteiger partial charge in [-0.2, -0.15) is 0 Å². The highest BCUT2D eigenvalue weighted by Crippen LogP contribution is 2.52. The first-order chi connectivity index (χ1) is 23.3. The summed E-state index contributed by atoms with van der Waals surface area (Å²) in [7, 11) is 0. The first kappa shape index (κ1) is 26.6. The van der Waals surface area contributed by atoms with E-state index in [0.717, 1.165) is 0 Å². The van der Waals surface area contributed by atoms with Gasteiger partial charge in [0.2, 0.25) is 0 Å². The van der Waals surface area contributed by atoms with Gasteiger partial charge in [0.05, 0.1) is 0 Å². The molecule has 0 saturated carbocycles. The van der Waals surface area contributed by atoms with Gasteiger partial charge in [-0.25, -0.2) is 0 Å². The fraction of sp³-hybridized carbons (Fsp3) is 0. The van der Waals surface area contributed by atoms with E-state index >= 15 is 0 Å². The average Bonchev–Trinajstić information content (AvgIpc) is 3.14. The van der Waals surface area contributed by atoms with E-state index < -0.39 is 0 Å². The number of hydrogen-bond acceptors (Lipinski definition) is 1. The molecule has 0 aromatic heterocycles. The van der Waals surface area contributed by atoms with Crippen LogP contribution in [0, 0.1) is 0 Å². The zero-order valence-corrected chi connectivity index (χ0v) is 26.4. The molecule has 0 fully saturated rings. The third-order valence-electron chi connectivity index (χ3n) is 9.88. The second-order valence-corrected chi connectivity index (χ2v) is 13.4. The van der Waals surface area contributed by atoms with Crippen LogP contribution in [0.3, 0.4) is 0 Å². The van der Waals surface area contributed by atoms with Crippen molar-refractivity contribution in [2.75, 3.05) is 0 Å². The van der Waals surface area contributed by atoms with Crippen molar-refractivity contribution in [1.82, 2.24) is 0 Å². The summed E-state index contributed by atoms with van der Waals surface area (Å²) in [6.45, 7) is 0. The number of rotatable bonds is 3. The van der Waals surface area contributed by atoms with Crippen molar-refractivity contribution in [3.8, 4) is 44.5 Å². The molecule has 0 saturated heterocycles. The summed E-state index contributed by atoms with van der Waals surface area (Å²) in [6.07, 6.45) is 0. The molecule has 0 radical (unpaired) electrons. The molecule has 1 heteroatoms. The van der Waals surface area contributed by atoms with Crippen molar-refractivity contribution in [3.05, 3.63) is 170 Å². The summed E-state index contributed by atoms with van der Waals surface area (Å²) in [6, 6.07) is 62.7. The summed E-state index contributed by atoms with van der Waals surface area (Å²) >= 11 is 1.89. The van der Waals surface area contributed by atoms with Gasteiger partial charge in [0.25, 0.3) is 0 Å². The molecule has 0 unspecified atom stereocenters. The third-order valence-corrected chi connectivity index (χ3v) is 11.0. The largest absolute Gasteiger partial charge is 0.0888 e. The summed E-state index contributed by atoms with van der Waals surface area (Å²) in [4.78, 5) is 2.65. The molecule has 0 bridgehead atoms. The van der Waals surface area contributed by atoms with Crippen molar-refractivity contribution in [1.29, 1.82) is 0 Å². The number of hydrogen-bond donors (Lipinski definition) is 0. The molecule has 0 aliphatic carbocycles. The minimum Gasteiger partial charge on any atom is -0.0888 e. The predicted octanol–water partition coefficient (Wildman–Crippen LogP) is 13.4. The fourth-order valence-electron chi connectivity index (χ4n) is 7.90. The van der Waals surface area contributed by atoms with Crippen LogP contribution in [-0.4, -0.2) is 0 Å². The molecular weight excluding hydrogens is 585 g/mol. The van der Waals surface area contributed by atoms with Gasteiger partial charge in [0, 0.05) is 15.2 Å². The van der Waals surface area contributed by atoms with E-state index in [1.165, 1.54) is 97.4 Å². The Kier molecular flexibility index (Phi) is 5.91. The van der Waals surface area contributed by atoms with E-state index in [1.807, 2.05) is 11.8 Å². The first-order valence-corrected chi connectivity index (χ1v) is 17.0. The number of benzene rings is 9. The van der Waals surface area contributed by atoms with Gasteiger partial charge in [-0.05, 0) is 94.3 Å². The molecule has 10 rings (SSSR count). The summed E-state index contributed by atoms with van der Waals surface area (Å²) < 4.78 is 0. The Morgan fingerprint density at radius 1 is 0.255 bits per heavy atom. The van der Waals surface area contributed by atoms with E-state index in [2.05, 4.69) is 170 Å². The van der Waals surface area contributed by atoms with Crippen molar-refractivity contribution in [2.45, 2.75) is 9.79 Å². The van der Waals surface area contributed by atoms with Crippen LogP contribution >= 0.6 is 11.8 Å². The molecule has 0 spiro atoms. The van der Waals surface area contributed by atoms with E-state index in [1.54, 1.807) is 0 Å². The molecule has 1 aliphatic rings. The van der Waals surface area contributed by atoms with Crippen molar-refractivity contribution >= 4 is 54.9 Å². The lowest BCUT2D eigenvalue weighted by atomic mass is 9.82. The van der Waals surface area contributed by atoms with Crippen LogP contribution in [0.25, 0.3) is 87.6 Å². The predicted molar refractivity (Wildman–Crippen MR) is 202 cm³/mol. The molecule has 0 atom stereocenters. The second-order valence-electron chi connectivity index (χ2n) is 12.4. The quantitative estimate of drug-likeness (QED) is 0.179. The molecule has 0 N–H and O–H groups in total. The van der Waals surface area contributed by atoms with Crippen LogP contribution < -0.4 is 0 Å². The normalized spacial score (nSPS) is 12.2. The van der Waals surface area contributed by atoms with Crippen LogP contribution in [0.5, 0.6) is 0 Å². The van der Waals surface area contributed by atoms with E-state index in [4.69, 9.17) is 0 Å². The maximum absolute atomic E-state index is 2.36. The Balaban J connectivity index is 1.30. The van der Waals surface area contributed by atoms with Gasteiger partial charge >= 0.3 is 0 Å². The lowest BCUT2D eigenvalue weighted by molar-refractivity contribution is 1.40. The van der Waals surface area contributed by atoms with Gasteiger partial charge < -0.3 is 0 Å². The van der Waals surface area contributed by atoms with Gasteiger partial charge in [-0.1, -0.05) is 169 Å². The highest BCUT2D eigenvalue weighted by Gasteiger charge is 2.24. The van der Waals surface area contributed by atoms with Crippen molar-refractivity contribution in [2.24, 2.45) is 0 Å². The summed E-state index contributed by atoms with van der Waals surface area (Å²) in [5.74, 6) is 0. The van der Waals surface area contributed by atoms with Crippen molar-refractivity contribution < 1.29 is 0 Å². The third kappa shape index (κ3) is 3.97. The van der Waals surface area contributed by atoms with E-state index in [0.29, 0.717) is 0 Å². The summed E-state index contributed by atoms with van der Waals surface area (Å²) in [5.41, 5.74) is 10.3. The fourth-order valence-corrected chi connectivity index (χ4v) is 9.03. The van der Waals surface area contributed by atoms with Crippen LogP contribution in [-0.2, 0) is 0 Å². The maximum Gasteiger partial charge on any atom is 0.0207 e. The van der Waals surface area contributed by atoms with Gasteiger partial charge in [0.1, 0.15) is 0 Å². The standard InChI is InChI=1S/C46H28S/c1-2-15-30-29(13-1)14-11-23-31(30)32-16-3-4-18-34(32)44-36-19-5-7-21-38(36)45(39-22-8-6-20-37(39)44)41-27-28-43-46-35(24-12-25-40(41)46)33-17-9-10-26-42(33)47-43/h1-28H. The van der Waals surface area contributed by atoms with Gasteiger partial charge in [0.15, 0.2) is 0 Å². The Bertz CT molecular complexity index is 2650. The highest BCUT2D eigenvalue weighted by atomic mass is 32.2. The number of fused-ring (bicyclic) bond motifs is 5. The topological polar surface area (TPSA) is 0 Å². The zero-order chi connectivity index (χ0) is 30.9. The van der Waals surface area contributed by atoms with Gasteiger partial charge in [-0.15, -0.1) is 0 Å². The monoisotopic (exact) mass is 612 g/mol. The lowest BCUT2D eigenvalue weighted by Gasteiger charge is -2.24. The van der Waals surface area contributed by atoms with Crippen LogP contribution in [0.15, 0.2) is 180 Å². The van der Waals surface area contributed by atoms with E-state index in [9.17, 15) is 0 Å². The van der Waals surface area contributed by atoms with Crippen LogP contribution in [0.2, 0.25) is 0 Å². The Morgan fingerprint density at radius 3 is 1.49 bits per heavy atom. The first-order valence-electron chi connectivity index (χ1n) is 16.2. The molecule has 47 heavy (non-hydrogen) atoms. The SMILES string of the molecule is c1ccc2c(c1)Sc1ccc(-c3c4ccccc4c(-c4ccccc4-c4cccc5ccccc45)c4ccccc34)c3cccc-2c13. The van der Waals surface area contributed by atoms with Crippen LogP contribution in [0.1, 0.15) is 0 Å². The Hall–Kier alpha value is -5.63. The smallest absolute Gasteiger partial charge is 0.0207 e. The van der Waals surface area contributed by atoms with Crippen LogP contribution in [0.4, 0.5) is 0 Å². The molecule has 9 aromatic rings. The molecular formula is C46H28S. The molecule has 1 aliphatic heterocycles. The minimum atomic E-state index is 1.25.